The second-order valence-corrected chi connectivity index (χ2v) is 4.88. The molecule has 8 heteroatoms. The van der Waals surface area contributed by atoms with Crippen LogP contribution in [-0.2, 0) is 19.1 Å². The number of carbonyl (C=O) groups is 3. The van der Waals surface area contributed by atoms with Gasteiger partial charge in [-0.2, -0.15) is 0 Å². The zero-order valence-electron chi connectivity index (χ0n) is 13.5. The first-order chi connectivity index (χ1) is 11.9. The largest absolute Gasteiger partial charge is 0.465 e. The lowest BCUT2D eigenvalue weighted by molar-refractivity contribution is -0.139. The highest BCUT2D eigenvalue weighted by atomic mass is 19.1. The van der Waals surface area contributed by atoms with Gasteiger partial charge in [0.1, 0.15) is 11.5 Å². The molecule has 130 valence electrons. The van der Waals surface area contributed by atoms with Crippen LogP contribution >= 0.6 is 0 Å². The molecule has 25 heavy (non-hydrogen) atoms. The topological polar surface area (TPSA) is 98.9 Å². The van der Waals surface area contributed by atoms with Crippen LogP contribution in [0.15, 0.2) is 53.9 Å². The van der Waals surface area contributed by atoms with E-state index in [1.165, 1.54) is 35.4 Å². The number of ether oxygens (including phenoxy) is 2. The molecule has 2 N–H and O–H groups in total. The summed E-state index contributed by atoms with van der Waals surface area (Å²) in [5.74, 6) is -3.20. The Morgan fingerprint density at radius 3 is 2.32 bits per heavy atom. The normalized spacial score (nSPS) is 13.5. The monoisotopic (exact) mass is 346 g/mol. The van der Waals surface area contributed by atoms with E-state index in [9.17, 15) is 18.8 Å². The van der Waals surface area contributed by atoms with Gasteiger partial charge in [0, 0.05) is 17.5 Å². The summed E-state index contributed by atoms with van der Waals surface area (Å²) >= 11 is 0. The first kappa shape index (κ1) is 17.9. The number of carbonyl (C=O) groups excluding carboxylic acids is 3. The number of nitrogens with zero attached hydrogens (tertiary/aromatic N) is 1. The minimum Gasteiger partial charge on any atom is -0.465 e. The van der Waals surface area contributed by atoms with Crippen molar-refractivity contribution in [2.45, 2.75) is 0 Å². The Labute approximate surface area is 142 Å². The number of anilines is 1. The van der Waals surface area contributed by atoms with Crippen molar-refractivity contribution in [1.29, 1.82) is 0 Å². The first-order valence-electron chi connectivity index (χ1n) is 7.04. The van der Waals surface area contributed by atoms with Crippen molar-refractivity contribution in [1.82, 2.24) is 0 Å². The quantitative estimate of drug-likeness (QED) is 0.828. The molecule has 1 aliphatic heterocycles. The molecule has 0 spiro atoms. The number of hydrogen-bond acceptors (Lipinski definition) is 6. The van der Waals surface area contributed by atoms with Crippen LogP contribution in [0, 0.1) is 5.82 Å². The second-order valence-electron chi connectivity index (χ2n) is 4.88. The number of amides is 1. The molecule has 1 aliphatic rings. The maximum Gasteiger partial charge on any atom is 0.355 e. The summed E-state index contributed by atoms with van der Waals surface area (Å²) in [7, 11) is 2.30. The lowest BCUT2D eigenvalue weighted by Crippen LogP contribution is -2.27. The molecule has 0 aromatic heterocycles. The zero-order valence-corrected chi connectivity index (χ0v) is 13.5. The molecule has 1 heterocycles. The molecule has 0 atom stereocenters. The number of primary amides is 1. The van der Waals surface area contributed by atoms with Gasteiger partial charge in [-0.1, -0.05) is 6.08 Å². The van der Waals surface area contributed by atoms with Crippen molar-refractivity contribution in [3.05, 3.63) is 65.3 Å². The average molecular weight is 346 g/mol. The Bertz CT molecular complexity index is 826. The molecular formula is C17H15FN2O5. The van der Waals surface area contributed by atoms with Crippen molar-refractivity contribution >= 4 is 23.5 Å². The fraction of sp³-hybridized carbons (Fsp3) is 0.118. The van der Waals surface area contributed by atoms with Gasteiger partial charge in [-0.15, -0.1) is 0 Å². The molecule has 2 rings (SSSR count). The number of methoxy groups -OCH3 is 2. The van der Waals surface area contributed by atoms with E-state index >= 15 is 0 Å². The van der Waals surface area contributed by atoms with Crippen LogP contribution in [0.1, 0.15) is 10.4 Å². The molecule has 0 bridgehead atoms. The summed E-state index contributed by atoms with van der Waals surface area (Å²) in [6, 6.07) is 3.34. The molecule has 0 fully saturated rings. The lowest BCUT2D eigenvalue weighted by Gasteiger charge is -2.23. The predicted octanol–water partition coefficient (Wildman–Crippen LogP) is 1.41. The maximum absolute atomic E-state index is 13.9. The smallest absolute Gasteiger partial charge is 0.355 e. The van der Waals surface area contributed by atoms with Crippen LogP contribution in [0.5, 0.6) is 0 Å². The van der Waals surface area contributed by atoms with Gasteiger partial charge in [0.2, 0.25) is 5.91 Å². The minimum atomic E-state index is -0.846. The Morgan fingerprint density at radius 1 is 1.04 bits per heavy atom. The molecule has 1 aromatic carbocycles. The third kappa shape index (κ3) is 3.74. The van der Waals surface area contributed by atoms with Gasteiger partial charge >= 0.3 is 11.9 Å². The summed E-state index contributed by atoms with van der Waals surface area (Å²) in [5, 5.41) is 0. The molecule has 1 aromatic rings. The van der Waals surface area contributed by atoms with Crippen molar-refractivity contribution in [2.75, 3.05) is 19.1 Å². The number of halogens is 1. The van der Waals surface area contributed by atoms with E-state index < -0.39 is 23.7 Å². The fourth-order valence-electron chi connectivity index (χ4n) is 2.22. The molecule has 0 aliphatic carbocycles. The van der Waals surface area contributed by atoms with E-state index in [2.05, 4.69) is 4.74 Å². The van der Waals surface area contributed by atoms with Gasteiger partial charge in [-0.25, -0.2) is 14.0 Å². The van der Waals surface area contributed by atoms with E-state index in [0.29, 0.717) is 0 Å². The Kier molecular flexibility index (Phi) is 5.33. The molecule has 0 saturated heterocycles. The molecule has 0 saturated carbocycles. The average Bonchev–Trinajstić information content (AvgIpc) is 2.82. The van der Waals surface area contributed by atoms with Crippen molar-refractivity contribution in [3.63, 3.8) is 0 Å². The third-order valence-electron chi connectivity index (χ3n) is 3.33. The van der Waals surface area contributed by atoms with Crippen molar-refractivity contribution in [2.24, 2.45) is 5.73 Å². The van der Waals surface area contributed by atoms with Crippen LogP contribution < -0.4 is 10.6 Å². The molecule has 7 nitrogen and oxygen atoms in total. The van der Waals surface area contributed by atoms with E-state index in [-0.39, 0.29) is 22.5 Å². The summed E-state index contributed by atoms with van der Waals surface area (Å²) in [4.78, 5) is 36.9. The molecule has 1 amide bonds. The predicted molar refractivity (Wildman–Crippen MR) is 86.7 cm³/mol. The molecular weight excluding hydrogens is 331 g/mol. The number of benzene rings is 1. The van der Waals surface area contributed by atoms with Crippen LogP contribution in [0.4, 0.5) is 10.1 Å². The number of esters is 2. The summed E-state index contributed by atoms with van der Waals surface area (Å²) in [5.41, 5.74) is 4.92. The van der Waals surface area contributed by atoms with Crippen LogP contribution in [0.2, 0.25) is 0 Å². The summed E-state index contributed by atoms with van der Waals surface area (Å²) in [6.07, 6.45) is 5.80. The Hall–Kier alpha value is -3.42. The van der Waals surface area contributed by atoms with E-state index in [1.54, 1.807) is 0 Å². The first-order valence-corrected chi connectivity index (χ1v) is 7.04. The Morgan fingerprint density at radius 2 is 1.72 bits per heavy atom. The fourth-order valence-corrected chi connectivity index (χ4v) is 2.22. The maximum atomic E-state index is 13.9. The number of rotatable bonds is 4. The van der Waals surface area contributed by atoms with Crippen LogP contribution in [0.3, 0.4) is 0 Å². The highest BCUT2D eigenvalue weighted by Crippen LogP contribution is 2.27. The second kappa shape index (κ2) is 7.43. The Balaban J connectivity index is 2.71. The van der Waals surface area contributed by atoms with Gasteiger partial charge in [0.05, 0.1) is 19.8 Å². The summed E-state index contributed by atoms with van der Waals surface area (Å²) < 4.78 is 23.3. The van der Waals surface area contributed by atoms with Crippen molar-refractivity contribution < 1.29 is 28.2 Å². The van der Waals surface area contributed by atoms with E-state index in [4.69, 9.17) is 10.5 Å². The number of hydrogen-bond donors (Lipinski definition) is 1. The van der Waals surface area contributed by atoms with Gasteiger partial charge in [-0.3, -0.25) is 4.79 Å². The van der Waals surface area contributed by atoms with Crippen LogP contribution in [-0.4, -0.2) is 32.1 Å². The van der Waals surface area contributed by atoms with E-state index in [0.717, 1.165) is 26.4 Å². The van der Waals surface area contributed by atoms with Gasteiger partial charge < -0.3 is 20.1 Å². The van der Waals surface area contributed by atoms with Crippen molar-refractivity contribution in [3.8, 4) is 0 Å². The molecule has 0 unspecified atom stereocenters. The van der Waals surface area contributed by atoms with Crippen LogP contribution in [0.25, 0.3) is 0 Å². The van der Waals surface area contributed by atoms with Gasteiger partial charge in [0.15, 0.2) is 0 Å². The summed E-state index contributed by atoms with van der Waals surface area (Å²) in [6.45, 7) is 0. The van der Waals surface area contributed by atoms with Gasteiger partial charge in [-0.05, 0) is 30.4 Å². The minimum absolute atomic E-state index is 0.0931. The SMILES string of the molecule is COC(=O)C1=C(C(=O)OC)N(c2cc(F)cc(C(N)=O)c2)C=CC=C1. The highest BCUT2D eigenvalue weighted by Gasteiger charge is 2.28. The zero-order chi connectivity index (χ0) is 18.6. The highest BCUT2D eigenvalue weighted by molar-refractivity contribution is 6.05. The third-order valence-corrected chi connectivity index (χ3v) is 3.33. The number of allylic oxidation sites excluding steroid dienone is 2. The number of nitrogens with two attached hydrogens (primary N) is 1. The van der Waals surface area contributed by atoms with E-state index in [1.807, 2.05) is 0 Å². The standard InChI is InChI=1S/C17H15FN2O5/c1-24-16(22)13-5-3-4-6-20(14(13)17(23)25-2)12-8-10(15(19)21)7-11(18)9-12/h3-9H,1-2H3,(H2,19,21). The van der Waals surface area contributed by atoms with Gasteiger partial charge in [0.25, 0.3) is 0 Å². The lowest BCUT2D eigenvalue weighted by atomic mass is 10.1. The molecule has 0 radical (unpaired) electrons.